The first-order valence-corrected chi connectivity index (χ1v) is 9.24. The number of hydrogen-bond donors (Lipinski definition) is 2. The zero-order chi connectivity index (χ0) is 18.7. The molecule has 0 unspecified atom stereocenters. The molecular formula is C17H16N4O4S. The van der Waals surface area contributed by atoms with Crippen LogP contribution in [0.4, 0.5) is 5.69 Å². The van der Waals surface area contributed by atoms with Crippen molar-refractivity contribution in [2.24, 2.45) is 0 Å². The van der Waals surface area contributed by atoms with Gasteiger partial charge < -0.3 is 9.72 Å². The number of fused-ring (bicyclic) bond motifs is 1. The van der Waals surface area contributed by atoms with Crippen molar-refractivity contribution < 1.29 is 17.9 Å². The van der Waals surface area contributed by atoms with Crippen LogP contribution >= 0.6 is 0 Å². The zero-order valence-electron chi connectivity index (χ0n) is 13.9. The number of nitrogens with zero attached hydrogens (tertiary/aromatic N) is 2. The van der Waals surface area contributed by atoms with Crippen LogP contribution in [0.3, 0.4) is 0 Å². The van der Waals surface area contributed by atoms with Crippen molar-refractivity contribution >= 4 is 32.7 Å². The molecule has 0 fully saturated rings. The molecule has 0 aliphatic heterocycles. The maximum absolute atomic E-state index is 12.2. The van der Waals surface area contributed by atoms with Crippen LogP contribution in [0.1, 0.15) is 17.3 Å². The van der Waals surface area contributed by atoms with E-state index >= 15 is 0 Å². The summed E-state index contributed by atoms with van der Waals surface area (Å²) in [5.41, 5.74) is 2.25. The molecule has 1 aromatic carbocycles. The van der Waals surface area contributed by atoms with Crippen molar-refractivity contribution in [1.29, 1.82) is 0 Å². The van der Waals surface area contributed by atoms with Gasteiger partial charge in [-0.25, -0.2) is 23.2 Å². The molecule has 0 bridgehead atoms. The summed E-state index contributed by atoms with van der Waals surface area (Å²) >= 11 is 0. The standard InChI is InChI=1S/C17H16N4O4S/c1-3-25-17(22)13-9-18-16-14(13)15(19-10-20-16)11-6-5-7-12(8-11)21-26(23,24)4-2/h4-10,21H,2-3H2,1H3,(H,18,19,20). The Morgan fingerprint density at radius 3 is 2.92 bits per heavy atom. The number of esters is 1. The first kappa shape index (κ1) is 17.6. The molecule has 0 aliphatic rings. The molecule has 0 aliphatic carbocycles. The summed E-state index contributed by atoms with van der Waals surface area (Å²) in [6, 6.07) is 6.66. The molecule has 2 aromatic heterocycles. The Hall–Kier alpha value is -3.20. The van der Waals surface area contributed by atoms with Gasteiger partial charge in [0.25, 0.3) is 10.0 Å². The van der Waals surface area contributed by atoms with E-state index < -0.39 is 16.0 Å². The van der Waals surface area contributed by atoms with Crippen molar-refractivity contribution in [2.45, 2.75) is 6.92 Å². The number of H-pyrrole nitrogens is 1. The Labute approximate surface area is 150 Å². The van der Waals surface area contributed by atoms with Crippen molar-refractivity contribution in [3.05, 3.63) is 54.3 Å². The lowest BCUT2D eigenvalue weighted by Crippen LogP contribution is -2.08. The van der Waals surface area contributed by atoms with Crippen LogP contribution in [0.2, 0.25) is 0 Å². The summed E-state index contributed by atoms with van der Waals surface area (Å²) < 4.78 is 30.8. The molecule has 0 spiro atoms. The molecule has 8 nitrogen and oxygen atoms in total. The Morgan fingerprint density at radius 2 is 2.19 bits per heavy atom. The van der Waals surface area contributed by atoms with E-state index in [0.717, 1.165) is 5.41 Å². The summed E-state index contributed by atoms with van der Waals surface area (Å²) in [5, 5.41) is 1.34. The van der Waals surface area contributed by atoms with Gasteiger partial charge in [-0.1, -0.05) is 18.7 Å². The lowest BCUT2D eigenvalue weighted by atomic mass is 10.1. The fourth-order valence-electron chi connectivity index (χ4n) is 2.49. The molecule has 26 heavy (non-hydrogen) atoms. The average Bonchev–Trinajstić information content (AvgIpc) is 3.06. The van der Waals surface area contributed by atoms with Gasteiger partial charge in [0.1, 0.15) is 12.0 Å². The van der Waals surface area contributed by atoms with Gasteiger partial charge in [0.05, 0.1) is 23.3 Å². The summed E-state index contributed by atoms with van der Waals surface area (Å²) in [6.45, 7) is 5.23. The maximum atomic E-state index is 12.2. The van der Waals surface area contributed by atoms with Crippen LogP contribution in [0, 0.1) is 0 Å². The van der Waals surface area contributed by atoms with E-state index in [1.54, 1.807) is 31.2 Å². The van der Waals surface area contributed by atoms with Gasteiger partial charge in [-0.05, 0) is 19.1 Å². The van der Waals surface area contributed by atoms with E-state index in [0.29, 0.717) is 33.5 Å². The molecule has 0 saturated heterocycles. The van der Waals surface area contributed by atoms with Crippen molar-refractivity contribution in [3.8, 4) is 11.3 Å². The topological polar surface area (TPSA) is 114 Å². The van der Waals surface area contributed by atoms with Crippen LogP contribution in [-0.2, 0) is 14.8 Å². The second kappa shape index (κ2) is 6.96. The van der Waals surface area contributed by atoms with Crippen LogP contribution in [0.15, 0.2) is 48.8 Å². The molecule has 2 N–H and O–H groups in total. The third-order valence-electron chi connectivity index (χ3n) is 3.58. The molecule has 3 aromatic rings. The van der Waals surface area contributed by atoms with E-state index in [2.05, 4.69) is 26.3 Å². The smallest absolute Gasteiger partial charge is 0.340 e. The fourth-order valence-corrected chi connectivity index (χ4v) is 3.03. The number of rotatable bonds is 6. The normalized spacial score (nSPS) is 11.3. The Balaban J connectivity index is 2.12. The Kier molecular flexibility index (Phi) is 4.72. The number of nitrogens with one attached hydrogen (secondary N) is 2. The third-order valence-corrected chi connectivity index (χ3v) is 4.54. The van der Waals surface area contributed by atoms with Crippen LogP contribution in [0.5, 0.6) is 0 Å². The third kappa shape index (κ3) is 3.42. The van der Waals surface area contributed by atoms with Gasteiger partial charge in [0.2, 0.25) is 0 Å². The summed E-state index contributed by atoms with van der Waals surface area (Å²) in [6.07, 6.45) is 2.88. The monoisotopic (exact) mass is 372 g/mol. The molecule has 3 rings (SSSR count). The molecule has 134 valence electrons. The predicted octanol–water partition coefficient (Wildman–Crippen LogP) is 2.69. The fraction of sp³-hybridized carbons (Fsp3) is 0.118. The molecule has 0 radical (unpaired) electrons. The summed E-state index contributed by atoms with van der Waals surface area (Å²) in [5.74, 6) is -0.488. The second-order valence-corrected chi connectivity index (χ2v) is 6.89. The lowest BCUT2D eigenvalue weighted by molar-refractivity contribution is 0.0528. The molecule has 0 saturated carbocycles. The van der Waals surface area contributed by atoms with E-state index in [4.69, 9.17) is 4.74 Å². The minimum atomic E-state index is -3.63. The predicted molar refractivity (Wildman–Crippen MR) is 98.0 cm³/mol. The number of ether oxygens (including phenoxy) is 1. The van der Waals surface area contributed by atoms with E-state index in [1.165, 1.54) is 12.5 Å². The molecular weight excluding hydrogens is 356 g/mol. The van der Waals surface area contributed by atoms with Gasteiger partial charge >= 0.3 is 5.97 Å². The number of benzene rings is 1. The molecule has 0 atom stereocenters. The van der Waals surface area contributed by atoms with Crippen molar-refractivity contribution in [1.82, 2.24) is 15.0 Å². The maximum Gasteiger partial charge on any atom is 0.340 e. The highest BCUT2D eigenvalue weighted by atomic mass is 32.2. The zero-order valence-corrected chi connectivity index (χ0v) is 14.7. The average molecular weight is 372 g/mol. The number of sulfonamides is 1. The van der Waals surface area contributed by atoms with Gasteiger partial charge in [-0.2, -0.15) is 0 Å². The molecule has 2 heterocycles. The van der Waals surface area contributed by atoms with Gasteiger partial charge in [0.15, 0.2) is 0 Å². The van der Waals surface area contributed by atoms with E-state index in [9.17, 15) is 13.2 Å². The second-order valence-electron chi connectivity index (χ2n) is 5.26. The minimum Gasteiger partial charge on any atom is -0.462 e. The SMILES string of the molecule is C=CS(=O)(=O)Nc1cccc(-c2ncnc3[nH]cc(C(=O)OCC)c23)c1. The Bertz CT molecular complexity index is 1090. The van der Waals surface area contributed by atoms with Gasteiger partial charge in [-0.15, -0.1) is 0 Å². The molecule has 0 amide bonds. The number of aromatic amines is 1. The van der Waals surface area contributed by atoms with Crippen molar-refractivity contribution in [3.63, 3.8) is 0 Å². The largest absolute Gasteiger partial charge is 0.462 e. The first-order valence-electron chi connectivity index (χ1n) is 7.70. The van der Waals surface area contributed by atoms with Gasteiger partial charge in [0, 0.05) is 22.9 Å². The highest BCUT2D eigenvalue weighted by Gasteiger charge is 2.19. The Morgan fingerprint density at radius 1 is 1.38 bits per heavy atom. The number of anilines is 1. The number of carbonyl (C=O) groups is 1. The lowest BCUT2D eigenvalue weighted by Gasteiger charge is -2.08. The van der Waals surface area contributed by atoms with Crippen LogP contribution in [-0.4, -0.2) is 35.9 Å². The quantitative estimate of drug-likeness (QED) is 0.643. The minimum absolute atomic E-state index is 0.243. The number of hydrogen-bond acceptors (Lipinski definition) is 6. The van der Waals surface area contributed by atoms with E-state index in [1.807, 2.05) is 0 Å². The summed E-state index contributed by atoms with van der Waals surface area (Å²) in [4.78, 5) is 23.5. The summed E-state index contributed by atoms with van der Waals surface area (Å²) in [7, 11) is -3.63. The van der Waals surface area contributed by atoms with Gasteiger partial charge in [-0.3, -0.25) is 4.72 Å². The van der Waals surface area contributed by atoms with Crippen LogP contribution < -0.4 is 4.72 Å². The number of aromatic nitrogens is 3. The van der Waals surface area contributed by atoms with E-state index in [-0.39, 0.29) is 6.61 Å². The van der Waals surface area contributed by atoms with Crippen LogP contribution in [0.25, 0.3) is 22.3 Å². The first-order chi connectivity index (χ1) is 12.4. The highest BCUT2D eigenvalue weighted by molar-refractivity contribution is 7.95. The number of carbonyl (C=O) groups excluding carboxylic acids is 1. The highest BCUT2D eigenvalue weighted by Crippen LogP contribution is 2.30. The molecule has 9 heteroatoms. The van der Waals surface area contributed by atoms with Crippen molar-refractivity contribution in [2.75, 3.05) is 11.3 Å².